The first kappa shape index (κ1) is 12.2. The number of phenols is 1. The number of nitrogens with one attached hydrogen (secondary N) is 1. The molecule has 0 aliphatic heterocycles. The van der Waals surface area contributed by atoms with Crippen LogP contribution in [0.1, 0.15) is 23.1 Å². The molecule has 4 nitrogen and oxygen atoms in total. The van der Waals surface area contributed by atoms with Crippen LogP contribution in [-0.2, 0) is 6.42 Å². The molecular weight excluding hydrogens is 250 g/mol. The Bertz CT molecular complexity index is 729. The molecule has 3 rings (SSSR count). The zero-order valence-corrected chi connectivity index (χ0v) is 10.8. The number of rotatable bonds is 2. The van der Waals surface area contributed by atoms with Crippen LogP contribution in [0.4, 0.5) is 5.69 Å². The van der Waals surface area contributed by atoms with Crippen LogP contribution >= 0.6 is 0 Å². The maximum absolute atomic E-state index is 9.79. The smallest absolute Gasteiger partial charge is 0.119 e. The van der Waals surface area contributed by atoms with Crippen LogP contribution in [0, 0.1) is 11.3 Å². The molecule has 2 N–H and O–H groups in total. The van der Waals surface area contributed by atoms with Crippen molar-refractivity contribution in [3.63, 3.8) is 0 Å². The number of anilines is 1. The van der Waals surface area contributed by atoms with Crippen LogP contribution in [0.25, 0.3) is 0 Å². The van der Waals surface area contributed by atoms with Gasteiger partial charge in [0.1, 0.15) is 5.75 Å². The molecule has 0 atom stereocenters. The lowest BCUT2D eigenvalue weighted by Crippen LogP contribution is -2.00. The van der Waals surface area contributed by atoms with E-state index in [0.29, 0.717) is 11.3 Å². The number of benzene rings is 2. The van der Waals surface area contributed by atoms with Crippen molar-refractivity contribution >= 4 is 11.4 Å². The third kappa shape index (κ3) is 2.21. The third-order valence-electron chi connectivity index (χ3n) is 3.39. The minimum atomic E-state index is 0.333. The number of fused-ring (bicyclic) bond motifs is 1. The van der Waals surface area contributed by atoms with Gasteiger partial charge in [-0.1, -0.05) is 18.2 Å². The Balaban J connectivity index is 1.85. The summed E-state index contributed by atoms with van der Waals surface area (Å²) >= 11 is 0. The van der Waals surface area contributed by atoms with Gasteiger partial charge in [0.05, 0.1) is 23.0 Å². The van der Waals surface area contributed by atoms with Crippen LogP contribution in [-0.4, -0.2) is 10.8 Å². The number of hydrogen-bond donors (Lipinski definition) is 2. The summed E-state index contributed by atoms with van der Waals surface area (Å²) in [7, 11) is 0. The molecule has 1 aliphatic rings. The van der Waals surface area contributed by atoms with Gasteiger partial charge in [-0.2, -0.15) is 10.4 Å². The lowest BCUT2D eigenvalue weighted by molar-refractivity contribution is 0.469. The SMILES string of the molecule is N#Cc1cccc(NN=C2CCc3c(O)cccc32)c1. The molecule has 0 aromatic heterocycles. The molecule has 0 saturated carbocycles. The van der Waals surface area contributed by atoms with E-state index in [9.17, 15) is 5.11 Å². The number of phenolic OH excluding ortho intramolecular Hbond substituents is 1. The van der Waals surface area contributed by atoms with Gasteiger partial charge in [-0.05, 0) is 37.1 Å². The first-order chi connectivity index (χ1) is 9.78. The molecule has 0 fully saturated rings. The zero-order valence-electron chi connectivity index (χ0n) is 10.8. The second kappa shape index (κ2) is 5.06. The van der Waals surface area contributed by atoms with Crippen molar-refractivity contribution in [2.75, 3.05) is 5.43 Å². The maximum Gasteiger partial charge on any atom is 0.119 e. The Kier molecular flexibility index (Phi) is 3.10. The zero-order chi connectivity index (χ0) is 13.9. The molecule has 4 heteroatoms. The highest BCUT2D eigenvalue weighted by atomic mass is 16.3. The Hall–Kier alpha value is -2.80. The fourth-order valence-electron chi connectivity index (χ4n) is 2.39. The Morgan fingerprint density at radius 1 is 1.15 bits per heavy atom. The van der Waals surface area contributed by atoms with E-state index < -0.39 is 0 Å². The standard InChI is InChI=1S/C16H13N3O/c17-10-11-3-1-4-12(9-11)18-19-15-8-7-14-13(15)5-2-6-16(14)20/h1-6,9,18,20H,7-8H2. The summed E-state index contributed by atoms with van der Waals surface area (Å²) < 4.78 is 0. The van der Waals surface area contributed by atoms with Gasteiger partial charge in [0, 0.05) is 11.1 Å². The molecule has 0 heterocycles. The van der Waals surface area contributed by atoms with Crippen LogP contribution in [0.15, 0.2) is 47.6 Å². The molecule has 0 amide bonds. The van der Waals surface area contributed by atoms with E-state index in [1.165, 1.54) is 0 Å². The summed E-state index contributed by atoms with van der Waals surface area (Å²) in [5.74, 6) is 0.333. The summed E-state index contributed by atoms with van der Waals surface area (Å²) in [5, 5.41) is 23.0. The van der Waals surface area contributed by atoms with Crippen molar-refractivity contribution in [1.82, 2.24) is 0 Å². The first-order valence-corrected chi connectivity index (χ1v) is 6.42. The second-order valence-electron chi connectivity index (χ2n) is 4.67. The lowest BCUT2D eigenvalue weighted by atomic mass is 10.1. The van der Waals surface area contributed by atoms with Gasteiger partial charge in [0.25, 0.3) is 0 Å². The fourth-order valence-corrected chi connectivity index (χ4v) is 2.39. The van der Waals surface area contributed by atoms with Crippen LogP contribution in [0.3, 0.4) is 0 Å². The van der Waals surface area contributed by atoms with Gasteiger partial charge >= 0.3 is 0 Å². The molecule has 20 heavy (non-hydrogen) atoms. The summed E-state index contributed by atoms with van der Waals surface area (Å²) in [5.41, 5.74) is 7.24. The predicted molar refractivity (Wildman–Crippen MR) is 77.7 cm³/mol. The van der Waals surface area contributed by atoms with Crippen molar-refractivity contribution in [1.29, 1.82) is 5.26 Å². The molecule has 0 bridgehead atoms. The maximum atomic E-state index is 9.79. The summed E-state index contributed by atoms with van der Waals surface area (Å²) in [6.45, 7) is 0. The van der Waals surface area contributed by atoms with E-state index in [1.807, 2.05) is 24.3 Å². The molecule has 0 unspecified atom stereocenters. The van der Waals surface area contributed by atoms with E-state index in [4.69, 9.17) is 5.26 Å². The average Bonchev–Trinajstić information content (AvgIpc) is 2.90. The number of nitriles is 1. The normalized spacial score (nSPS) is 14.8. The molecular formula is C16H13N3O. The molecule has 0 radical (unpaired) electrons. The lowest BCUT2D eigenvalue weighted by Gasteiger charge is -2.04. The van der Waals surface area contributed by atoms with Gasteiger partial charge in [0.2, 0.25) is 0 Å². The molecule has 98 valence electrons. The van der Waals surface area contributed by atoms with Crippen LogP contribution < -0.4 is 5.43 Å². The number of nitrogens with zero attached hydrogens (tertiary/aromatic N) is 2. The molecule has 2 aromatic rings. The Labute approximate surface area is 117 Å². The van der Waals surface area contributed by atoms with Crippen molar-refractivity contribution < 1.29 is 5.11 Å². The minimum absolute atomic E-state index is 0.333. The number of aromatic hydroxyl groups is 1. The van der Waals surface area contributed by atoms with Crippen molar-refractivity contribution in [3.05, 3.63) is 59.2 Å². The third-order valence-corrected chi connectivity index (χ3v) is 3.39. The van der Waals surface area contributed by atoms with Gasteiger partial charge < -0.3 is 5.11 Å². The highest BCUT2D eigenvalue weighted by Crippen LogP contribution is 2.30. The monoisotopic (exact) mass is 263 g/mol. The summed E-state index contributed by atoms with van der Waals surface area (Å²) in [6.07, 6.45) is 1.61. The molecule has 2 aromatic carbocycles. The van der Waals surface area contributed by atoms with E-state index in [0.717, 1.165) is 35.4 Å². The van der Waals surface area contributed by atoms with Crippen LogP contribution in [0.5, 0.6) is 5.75 Å². The van der Waals surface area contributed by atoms with E-state index in [-0.39, 0.29) is 0 Å². The van der Waals surface area contributed by atoms with Crippen molar-refractivity contribution in [3.8, 4) is 11.8 Å². The Morgan fingerprint density at radius 2 is 2.00 bits per heavy atom. The minimum Gasteiger partial charge on any atom is -0.508 e. The molecule has 1 aliphatic carbocycles. The van der Waals surface area contributed by atoms with Crippen molar-refractivity contribution in [2.45, 2.75) is 12.8 Å². The highest BCUT2D eigenvalue weighted by Gasteiger charge is 2.20. The predicted octanol–water partition coefficient (Wildman–Crippen LogP) is 3.03. The topological polar surface area (TPSA) is 68.4 Å². The van der Waals surface area contributed by atoms with Gasteiger partial charge in [-0.25, -0.2) is 0 Å². The summed E-state index contributed by atoms with van der Waals surface area (Å²) in [4.78, 5) is 0. The molecule has 0 saturated heterocycles. The van der Waals surface area contributed by atoms with Gasteiger partial charge in [-0.15, -0.1) is 0 Å². The fraction of sp³-hybridized carbons (Fsp3) is 0.125. The van der Waals surface area contributed by atoms with Crippen molar-refractivity contribution in [2.24, 2.45) is 5.10 Å². The average molecular weight is 263 g/mol. The number of hydrazone groups is 1. The number of hydrogen-bond acceptors (Lipinski definition) is 4. The van der Waals surface area contributed by atoms with E-state index in [2.05, 4.69) is 16.6 Å². The first-order valence-electron chi connectivity index (χ1n) is 6.42. The molecule has 0 spiro atoms. The second-order valence-corrected chi connectivity index (χ2v) is 4.67. The highest BCUT2D eigenvalue weighted by molar-refractivity contribution is 6.05. The van der Waals surface area contributed by atoms with Gasteiger partial charge in [-0.3, -0.25) is 5.43 Å². The van der Waals surface area contributed by atoms with E-state index in [1.54, 1.807) is 18.2 Å². The quantitative estimate of drug-likeness (QED) is 0.818. The largest absolute Gasteiger partial charge is 0.508 e. The Morgan fingerprint density at radius 3 is 2.85 bits per heavy atom. The van der Waals surface area contributed by atoms with Crippen LogP contribution in [0.2, 0.25) is 0 Å². The van der Waals surface area contributed by atoms with E-state index >= 15 is 0 Å². The summed E-state index contributed by atoms with van der Waals surface area (Å²) in [6, 6.07) is 14.8. The van der Waals surface area contributed by atoms with Gasteiger partial charge in [0.15, 0.2) is 0 Å².